The summed E-state index contributed by atoms with van der Waals surface area (Å²) in [6, 6.07) is 5.97. The van der Waals surface area contributed by atoms with Crippen LogP contribution in [0.1, 0.15) is 51.0 Å². The number of oxime groups is 1. The molecule has 2 rings (SSSR count). The van der Waals surface area contributed by atoms with Gasteiger partial charge in [-0.2, -0.15) is 0 Å². The number of benzene rings is 1. The van der Waals surface area contributed by atoms with Gasteiger partial charge in [-0.25, -0.2) is 9.18 Å². The SMILES string of the molecule is COC(=O)/C(=N\OC1(C)CCCCCC1)c1ccccc1F. The zero-order valence-electron chi connectivity index (χ0n) is 13.1. The summed E-state index contributed by atoms with van der Waals surface area (Å²) in [7, 11) is 1.24. The highest BCUT2D eigenvalue weighted by Gasteiger charge is 2.29. The molecule has 1 aliphatic carbocycles. The molecule has 0 unspecified atom stereocenters. The van der Waals surface area contributed by atoms with E-state index < -0.39 is 17.4 Å². The Balaban J connectivity index is 2.25. The highest BCUT2D eigenvalue weighted by molar-refractivity contribution is 6.43. The molecule has 1 aromatic rings. The summed E-state index contributed by atoms with van der Waals surface area (Å²) in [6.07, 6.45) is 6.25. The highest BCUT2D eigenvalue weighted by Crippen LogP contribution is 2.30. The molecular formula is C17H22FNO3. The molecule has 1 aromatic carbocycles. The van der Waals surface area contributed by atoms with Crippen molar-refractivity contribution in [3.63, 3.8) is 0 Å². The van der Waals surface area contributed by atoms with E-state index in [4.69, 9.17) is 9.57 Å². The zero-order chi connectivity index (χ0) is 16.0. The Labute approximate surface area is 130 Å². The number of nitrogens with zero attached hydrogens (tertiary/aromatic N) is 1. The smallest absolute Gasteiger partial charge is 0.360 e. The van der Waals surface area contributed by atoms with Crippen LogP contribution in [0.25, 0.3) is 0 Å². The van der Waals surface area contributed by atoms with Crippen LogP contribution in [-0.4, -0.2) is 24.4 Å². The first-order chi connectivity index (χ1) is 10.6. The van der Waals surface area contributed by atoms with Crippen LogP contribution >= 0.6 is 0 Å². The molecule has 0 aromatic heterocycles. The van der Waals surface area contributed by atoms with Gasteiger partial charge in [0.25, 0.3) is 0 Å². The molecule has 0 spiro atoms. The predicted molar refractivity (Wildman–Crippen MR) is 82.1 cm³/mol. The van der Waals surface area contributed by atoms with Crippen LogP contribution in [0.5, 0.6) is 0 Å². The van der Waals surface area contributed by atoms with Gasteiger partial charge < -0.3 is 9.57 Å². The van der Waals surface area contributed by atoms with Gasteiger partial charge in [-0.3, -0.25) is 0 Å². The Hall–Kier alpha value is -1.91. The maximum absolute atomic E-state index is 13.9. The largest absolute Gasteiger partial charge is 0.464 e. The van der Waals surface area contributed by atoms with Gasteiger partial charge in [0.2, 0.25) is 0 Å². The van der Waals surface area contributed by atoms with Crippen LogP contribution in [-0.2, 0) is 14.4 Å². The third-order valence-corrected chi connectivity index (χ3v) is 4.03. The van der Waals surface area contributed by atoms with Crippen molar-refractivity contribution in [3.8, 4) is 0 Å². The quantitative estimate of drug-likeness (QED) is 0.367. The molecule has 0 N–H and O–H groups in total. The number of carbonyl (C=O) groups is 1. The van der Waals surface area contributed by atoms with Gasteiger partial charge in [-0.15, -0.1) is 0 Å². The number of esters is 1. The minimum Gasteiger partial charge on any atom is -0.464 e. The topological polar surface area (TPSA) is 47.9 Å². The molecule has 5 heteroatoms. The summed E-state index contributed by atoms with van der Waals surface area (Å²) in [6.45, 7) is 1.98. The van der Waals surface area contributed by atoms with Crippen molar-refractivity contribution in [2.75, 3.05) is 7.11 Å². The van der Waals surface area contributed by atoms with Crippen molar-refractivity contribution in [3.05, 3.63) is 35.6 Å². The normalized spacial score (nSPS) is 18.4. The fourth-order valence-corrected chi connectivity index (χ4v) is 2.67. The van der Waals surface area contributed by atoms with Gasteiger partial charge in [-0.05, 0) is 44.7 Å². The lowest BCUT2D eigenvalue weighted by atomic mass is 9.97. The molecule has 0 radical (unpaired) electrons. The van der Waals surface area contributed by atoms with Crippen LogP contribution in [0.15, 0.2) is 29.4 Å². The Kier molecular flexibility index (Phi) is 5.52. The van der Waals surface area contributed by atoms with Crippen molar-refractivity contribution < 1.29 is 18.8 Å². The molecule has 0 aliphatic heterocycles. The molecule has 1 saturated carbocycles. The molecule has 4 nitrogen and oxygen atoms in total. The van der Waals surface area contributed by atoms with Crippen molar-refractivity contribution in [1.29, 1.82) is 0 Å². The van der Waals surface area contributed by atoms with E-state index in [1.807, 2.05) is 6.92 Å². The van der Waals surface area contributed by atoms with Crippen LogP contribution in [0.2, 0.25) is 0 Å². The lowest BCUT2D eigenvalue weighted by Gasteiger charge is -2.25. The fourth-order valence-electron chi connectivity index (χ4n) is 2.67. The summed E-state index contributed by atoms with van der Waals surface area (Å²) >= 11 is 0. The zero-order valence-corrected chi connectivity index (χ0v) is 13.1. The average Bonchev–Trinajstić information content (AvgIpc) is 2.74. The van der Waals surface area contributed by atoms with E-state index in [1.165, 1.54) is 32.1 Å². The standard InChI is InChI=1S/C17H22FNO3/c1-17(11-7-3-4-8-12-17)22-19-15(16(20)21-2)13-9-5-6-10-14(13)18/h5-6,9-10H,3-4,7-8,11-12H2,1-2H3/b19-15-. The summed E-state index contributed by atoms with van der Waals surface area (Å²) < 4.78 is 18.6. The first-order valence-electron chi connectivity index (χ1n) is 7.65. The number of ether oxygens (including phenoxy) is 1. The monoisotopic (exact) mass is 307 g/mol. The van der Waals surface area contributed by atoms with Gasteiger partial charge in [0, 0.05) is 5.56 Å². The number of hydrogen-bond acceptors (Lipinski definition) is 4. The number of carbonyl (C=O) groups excluding carboxylic acids is 1. The Bertz CT molecular complexity index is 549. The summed E-state index contributed by atoms with van der Waals surface area (Å²) in [5, 5.41) is 3.96. The molecule has 0 heterocycles. The van der Waals surface area contributed by atoms with E-state index in [0.717, 1.165) is 25.7 Å². The van der Waals surface area contributed by atoms with Gasteiger partial charge in [0.15, 0.2) is 5.71 Å². The summed E-state index contributed by atoms with van der Waals surface area (Å²) in [5.41, 5.74) is -0.459. The second-order valence-corrected chi connectivity index (χ2v) is 5.87. The Morgan fingerprint density at radius 2 is 1.82 bits per heavy atom. The molecule has 0 bridgehead atoms. The number of rotatable bonds is 4. The number of halogens is 1. The van der Waals surface area contributed by atoms with E-state index in [2.05, 4.69) is 5.16 Å². The lowest BCUT2D eigenvalue weighted by Crippen LogP contribution is -2.28. The van der Waals surface area contributed by atoms with Gasteiger partial charge in [-0.1, -0.05) is 30.1 Å². The molecule has 22 heavy (non-hydrogen) atoms. The predicted octanol–water partition coefficient (Wildman–Crippen LogP) is 3.83. The lowest BCUT2D eigenvalue weighted by molar-refractivity contribution is -0.133. The molecule has 0 amide bonds. The maximum atomic E-state index is 13.9. The Morgan fingerprint density at radius 3 is 2.41 bits per heavy atom. The second kappa shape index (κ2) is 7.38. The molecule has 1 aliphatic rings. The van der Waals surface area contributed by atoms with Crippen LogP contribution in [0, 0.1) is 5.82 Å². The molecule has 0 saturated heterocycles. The van der Waals surface area contributed by atoms with E-state index in [9.17, 15) is 9.18 Å². The van der Waals surface area contributed by atoms with Crippen LogP contribution in [0.3, 0.4) is 0 Å². The van der Waals surface area contributed by atoms with Gasteiger partial charge in [0.1, 0.15) is 11.4 Å². The minimum atomic E-state index is -0.706. The van der Waals surface area contributed by atoms with E-state index in [0.29, 0.717) is 0 Å². The summed E-state index contributed by atoms with van der Waals surface area (Å²) in [5.74, 6) is -1.23. The third-order valence-electron chi connectivity index (χ3n) is 4.03. The maximum Gasteiger partial charge on any atom is 0.360 e. The van der Waals surface area contributed by atoms with Crippen molar-refractivity contribution >= 4 is 11.7 Å². The first-order valence-corrected chi connectivity index (χ1v) is 7.65. The molecule has 0 atom stereocenters. The van der Waals surface area contributed by atoms with E-state index >= 15 is 0 Å². The van der Waals surface area contributed by atoms with Crippen LogP contribution in [0.4, 0.5) is 4.39 Å². The number of hydrogen-bond donors (Lipinski definition) is 0. The summed E-state index contributed by atoms with van der Waals surface area (Å²) in [4.78, 5) is 17.6. The van der Waals surface area contributed by atoms with Gasteiger partial charge >= 0.3 is 5.97 Å². The molecule has 1 fully saturated rings. The first kappa shape index (κ1) is 16.5. The fraction of sp³-hybridized carbons (Fsp3) is 0.529. The van der Waals surface area contributed by atoms with Crippen molar-refractivity contribution in [2.45, 2.75) is 51.0 Å². The number of methoxy groups -OCH3 is 1. The van der Waals surface area contributed by atoms with E-state index in [1.54, 1.807) is 12.1 Å². The minimum absolute atomic E-state index is 0.0894. The van der Waals surface area contributed by atoms with Crippen molar-refractivity contribution in [1.82, 2.24) is 0 Å². The highest BCUT2D eigenvalue weighted by atomic mass is 19.1. The van der Waals surface area contributed by atoms with Crippen LogP contribution < -0.4 is 0 Å². The third kappa shape index (κ3) is 4.06. The molecular weight excluding hydrogens is 285 g/mol. The average molecular weight is 307 g/mol. The van der Waals surface area contributed by atoms with Gasteiger partial charge in [0.05, 0.1) is 7.11 Å². The van der Waals surface area contributed by atoms with Crippen molar-refractivity contribution in [2.24, 2.45) is 5.16 Å². The molecule has 120 valence electrons. The second-order valence-electron chi connectivity index (χ2n) is 5.87. The Morgan fingerprint density at radius 1 is 1.18 bits per heavy atom. The van der Waals surface area contributed by atoms with E-state index in [-0.39, 0.29) is 11.3 Å².